The molecule has 0 saturated heterocycles. The number of aldehydes is 1. The lowest BCUT2D eigenvalue weighted by atomic mass is 9.40. The van der Waals surface area contributed by atoms with Crippen LogP contribution >= 0.6 is 15.9 Å². The van der Waals surface area contributed by atoms with E-state index in [9.17, 15) is 18.0 Å². The van der Waals surface area contributed by atoms with Gasteiger partial charge in [-0.3, -0.25) is 4.79 Å². The molecule has 1 spiro atoms. The standard InChI is InChI=1S/C24H27BrO7S/c1-14-7-10-16(11-8-14)33(28,29)32-19-18(25)23-15(2)9-12-17(23)21(3,13-26)22(19,4)24(30-5,31-6)20(23)27/h7-8,10-13,15H,9H2,1-6H3. The van der Waals surface area contributed by atoms with E-state index < -0.39 is 32.2 Å². The first-order chi connectivity index (χ1) is 15.3. The fraction of sp³-hybridized carbons (Fsp3) is 0.500. The second-order valence-electron chi connectivity index (χ2n) is 9.36. The Morgan fingerprint density at radius 1 is 1.12 bits per heavy atom. The average molecular weight is 539 g/mol. The Labute approximate surface area is 202 Å². The molecule has 0 aliphatic heterocycles. The van der Waals surface area contributed by atoms with Gasteiger partial charge in [-0.2, -0.15) is 8.42 Å². The summed E-state index contributed by atoms with van der Waals surface area (Å²) in [4.78, 5) is 26.9. The largest absolute Gasteiger partial charge is 0.382 e. The third-order valence-electron chi connectivity index (χ3n) is 8.07. The van der Waals surface area contributed by atoms with Crippen LogP contribution < -0.4 is 0 Å². The maximum absolute atomic E-state index is 14.1. The quantitative estimate of drug-likeness (QED) is 0.233. The molecule has 4 aliphatic carbocycles. The van der Waals surface area contributed by atoms with Crippen molar-refractivity contribution in [1.82, 2.24) is 0 Å². The van der Waals surface area contributed by atoms with Crippen LogP contribution in [0.2, 0.25) is 0 Å². The Morgan fingerprint density at radius 3 is 2.21 bits per heavy atom. The SMILES string of the molecule is COC1(OC)C(=O)C23C(=CCC2C)C(C)(C=O)C1(C)C(OS(=O)(=O)c1ccc(C)cc1)=C3Br. The minimum atomic E-state index is -4.31. The number of Topliss-reactive ketones (excluding diaryl/α,β-unsaturated/α-hetero) is 1. The van der Waals surface area contributed by atoms with Crippen molar-refractivity contribution in [1.29, 1.82) is 0 Å². The van der Waals surface area contributed by atoms with Gasteiger partial charge in [-0.05, 0) is 50.8 Å². The molecule has 1 aromatic carbocycles. The van der Waals surface area contributed by atoms with Crippen molar-refractivity contribution in [2.24, 2.45) is 22.2 Å². The predicted octanol–water partition coefficient (Wildman–Crippen LogP) is 4.06. The molecule has 4 aliphatic rings. The topological polar surface area (TPSA) is 96.0 Å². The van der Waals surface area contributed by atoms with Crippen molar-refractivity contribution in [2.45, 2.75) is 44.8 Å². The summed E-state index contributed by atoms with van der Waals surface area (Å²) in [6, 6.07) is 6.24. The van der Waals surface area contributed by atoms with Gasteiger partial charge in [0.05, 0.1) is 15.3 Å². The minimum Gasteiger partial charge on any atom is -0.382 e. The van der Waals surface area contributed by atoms with Crippen LogP contribution in [0.4, 0.5) is 0 Å². The van der Waals surface area contributed by atoms with Crippen molar-refractivity contribution in [3.05, 3.63) is 51.7 Å². The molecule has 1 aromatic rings. The van der Waals surface area contributed by atoms with Gasteiger partial charge in [-0.1, -0.05) is 46.6 Å². The number of halogens is 1. The van der Waals surface area contributed by atoms with Gasteiger partial charge >= 0.3 is 10.1 Å². The van der Waals surface area contributed by atoms with Crippen molar-refractivity contribution >= 4 is 38.1 Å². The van der Waals surface area contributed by atoms with E-state index in [2.05, 4.69) is 15.9 Å². The Bertz CT molecular complexity index is 1210. The van der Waals surface area contributed by atoms with Gasteiger partial charge in [0, 0.05) is 14.2 Å². The second kappa shape index (κ2) is 7.34. The molecule has 4 unspecified atom stereocenters. The Morgan fingerprint density at radius 2 is 1.70 bits per heavy atom. The van der Waals surface area contributed by atoms with Gasteiger partial charge in [-0.15, -0.1) is 0 Å². The van der Waals surface area contributed by atoms with Gasteiger partial charge in [0.25, 0.3) is 0 Å². The van der Waals surface area contributed by atoms with E-state index in [1.807, 2.05) is 19.9 Å². The van der Waals surface area contributed by atoms with Gasteiger partial charge in [0.1, 0.15) is 22.4 Å². The van der Waals surface area contributed by atoms with Gasteiger partial charge in [-0.25, -0.2) is 0 Å². The molecular weight excluding hydrogens is 512 g/mol. The molecule has 0 heterocycles. The molecule has 0 aromatic heterocycles. The zero-order chi connectivity index (χ0) is 24.6. The Hall–Kier alpha value is -1.81. The molecule has 0 N–H and O–H groups in total. The van der Waals surface area contributed by atoms with E-state index in [4.69, 9.17) is 13.7 Å². The molecule has 4 atom stereocenters. The number of aryl methyl sites for hydroxylation is 1. The third-order valence-corrected chi connectivity index (χ3v) is 10.3. The molecule has 1 saturated carbocycles. The maximum Gasteiger partial charge on any atom is 0.338 e. The maximum atomic E-state index is 14.1. The molecule has 33 heavy (non-hydrogen) atoms. The number of benzene rings is 1. The number of hydrogen-bond acceptors (Lipinski definition) is 7. The lowest BCUT2D eigenvalue weighted by Crippen LogP contribution is -2.76. The first-order valence-electron chi connectivity index (χ1n) is 10.6. The van der Waals surface area contributed by atoms with Crippen LogP contribution in [0, 0.1) is 29.1 Å². The molecule has 2 bridgehead atoms. The lowest BCUT2D eigenvalue weighted by molar-refractivity contribution is -0.287. The average Bonchev–Trinajstić information content (AvgIpc) is 3.14. The number of rotatable bonds is 6. The van der Waals surface area contributed by atoms with Crippen molar-refractivity contribution in [2.75, 3.05) is 14.2 Å². The summed E-state index contributed by atoms with van der Waals surface area (Å²) in [6.45, 7) is 6.99. The monoisotopic (exact) mass is 538 g/mol. The van der Waals surface area contributed by atoms with Gasteiger partial charge in [0.15, 0.2) is 0 Å². The number of carbonyl (C=O) groups is 2. The number of ketones is 1. The van der Waals surface area contributed by atoms with Crippen molar-refractivity contribution < 1.29 is 31.7 Å². The summed E-state index contributed by atoms with van der Waals surface area (Å²) in [5, 5.41) is 0. The molecule has 0 radical (unpaired) electrons. The van der Waals surface area contributed by atoms with Crippen LogP contribution in [0.15, 0.2) is 51.1 Å². The molecule has 9 heteroatoms. The third kappa shape index (κ3) is 2.54. The van der Waals surface area contributed by atoms with Crippen molar-refractivity contribution in [3.8, 4) is 0 Å². The number of carbonyl (C=O) groups excluding carboxylic acids is 2. The number of ether oxygens (including phenoxy) is 2. The Balaban J connectivity index is 2.07. The number of fused-ring (bicyclic) bond motifs is 1. The van der Waals surface area contributed by atoms with Crippen LogP contribution in [0.1, 0.15) is 32.8 Å². The van der Waals surface area contributed by atoms with Crippen LogP contribution in [0.5, 0.6) is 0 Å². The highest BCUT2D eigenvalue weighted by atomic mass is 79.9. The predicted molar refractivity (Wildman–Crippen MR) is 124 cm³/mol. The second-order valence-corrected chi connectivity index (χ2v) is 11.7. The van der Waals surface area contributed by atoms with Gasteiger partial charge in [0.2, 0.25) is 11.6 Å². The molecule has 178 valence electrons. The van der Waals surface area contributed by atoms with Gasteiger partial charge < -0.3 is 18.5 Å². The fourth-order valence-electron chi connectivity index (χ4n) is 6.02. The highest BCUT2D eigenvalue weighted by molar-refractivity contribution is 9.11. The normalized spacial score (nSPS) is 34.8. The molecule has 0 amide bonds. The summed E-state index contributed by atoms with van der Waals surface area (Å²) >= 11 is 3.55. The molecule has 5 rings (SSSR count). The number of allylic oxidation sites excluding steroid dienone is 3. The minimum absolute atomic E-state index is 0.0433. The zero-order valence-electron chi connectivity index (χ0n) is 19.4. The van der Waals surface area contributed by atoms with Crippen LogP contribution in [0.25, 0.3) is 0 Å². The van der Waals surface area contributed by atoms with E-state index in [0.29, 0.717) is 16.5 Å². The lowest BCUT2D eigenvalue weighted by Gasteiger charge is -2.65. The number of methoxy groups -OCH3 is 2. The van der Waals surface area contributed by atoms with Crippen LogP contribution in [-0.4, -0.2) is 40.5 Å². The highest BCUT2D eigenvalue weighted by Crippen LogP contribution is 2.76. The summed E-state index contributed by atoms with van der Waals surface area (Å²) < 4.78 is 44.3. The van der Waals surface area contributed by atoms with Crippen LogP contribution in [0.3, 0.4) is 0 Å². The summed E-state index contributed by atoms with van der Waals surface area (Å²) in [5.41, 5.74) is -2.81. The van der Waals surface area contributed by atoms with Crippen LogP contribution in [-0.2, 0) is 33.4 Å². The smallest absolute Gasteiger partial charge is 0.338 e. The zero-order valence-corrected chi connectivity index (χ0v) is 21.8. The first-order valence-corrected chi connectivity index (χ1v) is 12.8. The first kappa shape index (κ1) is 24.3. The number of hydrogen-bond donors (Lipinski definition) is 0. The Kier molecular flexibility index (Phi) is 5.41. The van der Waals surface area contributed by atoms with Crippen molar-refractivity contribution in [3.63, 3.8) is 0 Å². The molecular formula is C24H27BrO7S. The summed E-state index contributed by atoms with van der Waals surface area (Å²) in [7, 11) is -1.67. The fourth-order valence-corrected chi connectivity index (χ4v) is 8.43. The van der Waals surface area contributed by atoms with E-state index in [1.54, 1.807) is 26.0 Å². The summed E-state index contributed by atoms with van der Waals surface area (Å²) in [5.74, 6) is -2.69. The van der Waals surface area contributed by atoms with E-state index in [0.717, 1.165) is 11.8 Å². The van der Waals surface area contributed by atoms with E-state index in [-0.39, 0.29) is 22.4 Å². The summed E-state index contributed by atoms with van der Waals surface area (Å²) in [6.07, 6.45) is 3.17. The van der Waals surface area contributed by atoms with E-state index in [1.165, 1.54) is 26.4 Å². The molecule has 7 nitrogen and oxygen atoms in total. The highest BCUT2D eigenvalue weighted by Gasteiger charge is 2.83. The molecule has 1 fully saturated rings. The van der Waals surface area contributed by atoms with E-state index >= 15 is 0 Å².